The molecule has 0 bridgehead atoms. The van der Waals surface area contributed by atoms with E-state index < -0.39 is 11.7 Å². The van der Waals surface area contributed by atoms with Gasteiger partial charge in [-0.15, -0.1) is 0 Å². The standard InChI is InChI=1S/C15H14F3N3O3/c1-8-13(9(2)24-20-8)14(22)21-6-11(7-21)23-12-4-3-10(5-19-12)15(16,17)18/h3-5,11H,6-7H2,1-2H3. The minimum absolute atomic E-state index is 0.0948. The number of carbonyl (C=O) groups excluding carboxylic acids is 1. The average molecular weight is 341 g/mol. The van der Waals surface area contributed by atoms with E-state index in [-0.39, 0.29) is 17.9 Å². The molecule has 1 aliphatic rings. The van der Waals surface area contributed by atoms with E-state index in [0.29, 0.717) is 30.1 Å². The van der Waals surface area contributed by atoms with E-state index in [1.807, 2.05) is 0 Å². The molecular weight excluding hydrogens is 327 g/mol. The molecule has 0 spiro atoms. The van der Waals surface area contributed by atoms with E-state index in [9.17, 15) is 18.0 Å². The molecular formula is C15H14F3N3O3. The topological polar surface area (TPSA) is 68.5 Å². The Morgan fingerprint density at radius 2 is 2.04 bits per heavy atom. The Labute approximate surface area is 135 Å². The van der Waals surface area contributed by atoms with Gasteiger partial charge in [-0.1, -0.05) is 5.16 Å². The Kier molecular flexibility index (Phi) is 3.94. The van der Waals surface area contributed by atoms with Crippen LogP contribution in [-0.2, 0) is 6.18 Å². The predicted molar refractivity (Wildman–Crippen MR) is 75.5 cm³/mol. The normalized spacial score (nSPS) is 15.3. The summed E-state index contributed by atoms with van der Waals surface area (Å²) in [5.74, 6) is 0.343. The van der Waals surface area contributed by atoms with Crippen LogP contribution in [0.2, 0.25) is 0 Å². The number of aromatic nitrogens is 2. The molecule has 0 atom stereocenters. The van der Waals surface area contributed by atoms with Gasteiger partial charge in [0.1, 0.15) is 17.4 Å². The molecule has 6 nitrogen and oxygen atoms in total. The molecule has 3 heterocycles. The van der Waals surface area contributed by atoms with Crippen LogP contribution in [0.1, 0.15) is 27.4 Å². The molecule has 1 aliphatic heterocycles. The average Bonchev–Trinajstić information content (AvgIpc) is 2.80. The Bertz CT molecular complexity index is 730. The lowest BCUT2D eigenvalue weighted by atomic mass is 10.1. The van der Waals surface area contributed by atoms with Crippen LogP contribution in [0.5, 0.6) is 5.88 Å². The van der Waals surface area contributed by atoms with E-state index >= 15 is 0 Å². The molecule has 0 unspecified atom stereocenters. The largest absolute Gasteiger partial charge is 0.471 e. The number of rotatable bonds is 3. The van der Waals surface area contributed by atoms with Gasteiger partial charge in [-0.3, -0.25) is 4.79 Å². The highest BCUT2D eigenvalue weighted by Gasteiger charge is 2.36. The molecule has 128 valence electrons. The Morgan fingerprint density at radius 1 is 1.33 bits per heavy atom. The van der Waals surface area contributed by atoms with Crippen molar-refractivity contribution in [3.8, 4) is 5.88 Å². The van der Waals surface area contributed by atoms with Gasteiger partial charge >= 0.3 is 6.18 Å². The minimum Gasteiger partial charge on any atom is -0.471 e. The molecule has 2 aromatic heterocycles. The second-order valence-electron chi connectivity index (χ2n) is 5.53. The van der Waals surface area contributed by atoms with Gasteiger partial charge in [-0.05, 0) is 19.9 Å². The Morgan fingerprint density at radius 3 is 2.54 bits per heavy atom. The van der Waals surface area contributed by atoms with Gasteiger partial charge in [0.05, 0.1) is 24.3 Å². The first-order valence-electron chi connectivity index (χ1n) is 7.17. The fraction of sp³-hybridized carbons (Fsp3) is 0.400. The number of nitrogens with zero attached hydrogens (tertiary/aromatic N) is 3. The van der Waals surface area contributed by atoms with Crippen molar-refractivity contribution in [2.45, 2.75) is 26.1 Å². The molecule has 1 saturated heterocycles. The summed E-state index contributed by atoms with van der Waals surface area (Å²) in [6.45, 7) is 3.99. The second-order valence-corrected chi connectivity index (χ2v) is 5.53. The van der Waals surface area contributed by atoms with Crippen molar-refractivity contribution >= 4 is 5.91 Å². The number of halogens is 3. The van der Waals surface area contributed by atoms with Crippen LogP contribution < -0.4 is 4.74 Å². The van der Waals surface area contributed by atoms with Crippen LogP contribution in [0.15, 0.2) is 22.9 Å². The van der Waals surface area contributed by atoms with Crippen LogP contribution in [0.3, 0.4) is 0 Å². The summed E-state index contributed by atoms with van der Waals surface area (Å²) in [5.41, 5.74) is 0.117. The third-order valence-corrected chi connectivity index (χ3v) is 3.73. The maximum Gasteiger partial charge on any atom is 0.417 e. The predicted octanol–water partition coefficient (Wildman–Crippen LogP) is 2.61. The lowest BCUT2D eigenvalue weighted by molar-refractivity contribution is -0.137. The molecule has 0 saturated carbocycles. The molecule has 0 aromatic carbocycles. The number of carbonyl (C=O) groups is 1. The smallest absolute Gasteiger partial charge is 0.417 e. The number of ether oxygens (including phenoxy) is 1. The van der Waals surface area contributed by atoms with Crippen molar-refractivity contribution in [3.05, 3.63) is 40.9 Å². The van der Waals surface area contributed by atoms with Crippen molar-refractivity contribution in [1.29, 1.82) is 0 Å². The van der Waals surface area contributed by atoms with E-state index in [4.69, 9.17) is 9.26 Å². The fourth-order valence-corrected chi connectivity index (χ4v) is 2.41. The van der Waals surface area contributed by atoms with Crippen molar-refractivity contribution in [3.63, 3.8) is 0 Å². The number of hydrogen-bond acceptors (Lipinski definition) is 5. The van der Waals surface area contributed by atoms with Crippen LogP contribution in [-0.4, -0.2) is 40.1 Å². The quantitative estimate of drug-likeness (QED) is 0.858. The highest BCUT2D eigenvalue weighted by atomic mass is 19.4. The summed E-state index contributed by atoms with van der Waals surface area (Å²) in [6.07, 6.45) is -4.01. The van der Waals surface area contributed by atoms with E-state index in [2.05, 4.69) is 10.1 Å². The lowest BCUT2D eigenvalue weighted by Gasteiger charge is -2.38. The molecule has 2 aromatic rings. The van der Waals surface area contributed by atoms with E-state index in [0.717, 1.165) is 12.3 Å². The third-order valence-electron chi connectivity index (χ3n) is 3.73. The Balaban J connectivity index is 1.57. The van der Waals surface area contributed by atoms with E-state index in [1.54, 1.807) is 18.7 Å². The molecule has 0 radical (unpaired) electrons. The summed E-state index contributed by atoms with van der Waals surface area (Å²) in [7, 11) is 0. The van der Waals surface area contributed by atoms with Gasteiger partial charge in [0.15, 0.2) is 0 Å². The summed E-state index contributed by atoms with van der Waals surface area (Å²) in [4.78, 5) is 17.5. The number of amides is 1. The minimum atomic E-state index is -4.43. The monoisotopic (exact) mass is 341 g/mol. The molecule has 0 aliphatic carbocycles. The number of pyridine rings is 1. The number of aryl methyl sites for hydroxylation is 2. The van der Waals surface area contributed by atoms with Crippen molar-refractivity contribution in [2.24, 2.45) is 0 Å². The van der Waals surface area contributed by atoms with Gasteiger partial charge in [0.25, 0.3) is 5.91 Å². The zero-order valence-electron chi connectivity index (χ0n) is 12.9. The highest BCUT2D eigenvalue weighted by molar-refractivity contribution is 5.96. The summed E-state index contributed by atoms with van der Waals surface area (Å²) in [6, 6.07) is 2.08. The zero-order valence-corrected chi connectivity index (χ0v) is 12.9. The number of likely N-dealkylation sites (tertiary alicyclic amines) is 1. The molecule has 9 heteroatoms. The van der Waals surface area contributed by atoms with Gasteiger partial charge in [0, 0.05) is 12.3 Å². The van der Waals surface area contributed by atoms with Crippen LogP contribution >= 0.6 is 0 Å². The second kappa shape index (κ2) is 5.81. The molecule has 1 amide bonds. The summed E-state index contributed by atoms with van der Waals surface area (Å²) >= 11 is 0. The van der Waals surface area contributed by atoms with Crippen molar-refractivity contribution in [1.82, 2.24) is 15.0 Å². The van der Waals surface area contributed by atoms with Gasteiger partial charge in [0.2, 0.25) is 5.88 Å². The first kappa shape index (κ1) is 16.3. The maximum atomic E-state index is 12.5. The molecule has 0 N–H and O–H groups in total. The zero-order chi connectivity index (χ0) is 17.5. The van der Waals surface area contributed by atoms with Crippen molar-refractivity contribution < 1.29 is 27.2 Å². The molecule has 1 fully saturated rings. The van der Waals surface area contributed by atoms with Crippen molar-refractivity contribution in [2.75, 3.05) is 13.1 Å². The van der Waals surface area contributed by atoms with Crippen LogP contribution in [0.25, 0.3) is 0 Å². The Hall–Kier alpha value is -2.58. The SMILES string of the molecule is Cc1noc(C)c1C(=O)N1CC(Oc2ccc(C(F)(F)F)cn2)C1. The van der Waals surface area contributed by atoms with Gasteiger partial charge in [-0.25, -0.2) is 4.98 Å². The number of hydrogen-bond donors (Lipinski definition) is 0. The maximum absolute atomic E-state index is 12.5. The molecule has 3 rings (SSSR count). The molecule has 24 heavy (non-hydrogen) atoms. The summed E-state index contributed by atoms with van der Waals surface area (Å²) in [5, 5.41) is 3.74. The third kappa shape index (κ3) is 3.06. The lowest BCUT2D eigenvalue weighted by Crippen LogP contribution is -2.56. The van der Waals surface area contributed by atoms with Gasteiger partial charge in [-0.2, -0.15) is 13.2 Å². The first-order valence-corrected chi connectivity index (χ1v) is 7.17. The van der Waals surface area contributed by atoms with Crippen LogP contribution in [0, 0.1) is 13.8 Å². The summed E-state index contributed by atoms with van der Waals surface area (Å²) < 4.78 is 47.8. The fourth-order valence-electron chi connectivity index (χ4n) is 2.41. The first-order chi connectivity index (χ1) is 11.3. The van der Waals surface area contributed by atoms with Gasteiger partial charge < -0.3 is 14.2 Å². The number of alkyl halides is 3. The van der Waals surface area contributed by atoms with Crippen LogP contribution in [0.4, 0.5) is 13.2 Å². The highest BCUT2D eigenvalue weighted by Crippen LogP contribution is 2.29. The van der Waals surface area contributed by atoms with E-state index in [1.165, 1.54) is 6.07 Å².